The van der Waals surface area contributed by atoms with Gasteiger partial charge in [0.15, 0.2) is 0 Å². The zero-order chi connectivity index (χ0) is 26.7. The Bertz CT molecular complexity index is 884. The van der Waals surface area contributed by atoms with E-state index in [1.165, 1.54) is 13.8 Å². The standard InChI is InChI=1S/C23H35N3O9/c1-8-33-19(30)15-14-13(27)10-23(16(14)15,20(31)34-9-2)26-18(29)12(4)24-17(28)11(3)25-21(32)35-22(5,6)7/h8,11-16,27H,1,9-10H2,2-7H3,(H,24,28)(H,25,32)(H,26,29)/t11-,12+,13+,14+,15+,16+,23?/m1/s1. The summed E-state index contributed by atoms with van der Waals surface area (Å²) in [5, 5.41) is 17.9. The predicted molar refractivity (Wildman–Crippen MR) is 121 cm³/mol. The molecule has 2 rings (SSSR count). The molecule has 2 aliphatic carbocycles. The van der Waals surface area contributed by atoms with Crippen LogP contribution in [0.3, 0.4) is 0 Å². The van der Waals surface area contributed by atoms with Crippen LogP contribution in [0.1, 0.15) is 48.0 Å². The van der Waals surface area contributed by atoms with Crippen LogP contribution < -0.4 is 16.0 Å². The second kappa shape index (κ2) is 10.6. The van der Waals surface area contributed by atoms with Gasteiger partial charge in [-0.2, -0.15) is 0 Å². The summed E-state index contributed by atoms with van der Waals surface area (Å²) in [5.41, 5.74) is -2.42. The Hall–Kier alpha value is -3.15. The first-order valence-corrected chi connectivity index (χ1v) is 11.5. The van der Waals surface area contributed by atoms with Crippen molar-refractivity contribution in [2.75, 3.05) is 6.61 Å². The van der Waals surface area contributed by atoms with Crippen molar-refractivity contribution in [3.8, 4) is 0 Å². The molecule has 1 unspecified atom stereocenters. The smallest absolute Gasteiger partial charge is 0.408 e. The summed E-state index contributed by atoms with van der Waals surface area (Å²) in [4.78, 5) is 62.6. The average Bonchev–Trinajstić information content (AvgIpc) is 3.41. The first-order valence-electron chi connectivity index (χ1n) is 11.5. The number of nitrogens with one attached hydrogen (secondary N) is 3. The summed E-state index contributed by atoms with van der Waals surface area (Å²) in [7, 11) is 0. The number of carbonyl (C=O) groups is 5. The minimum absolute atomic E-state index is 0.0197. The molecular formula is C23H35N3O9. The highest BCUT2D eigenvalue weighted by Gasteiger charge is 2.76. The minimum atomic E-state index is -1.67. The van der Waals surface area contributed by atoms with E-state index in [9.17, 15) is 29.1 Å². The van der Waals surface area contributed by atoms with Crippen LogP contribution in [0.5, 0.6) is 0 Å². The molecule has 12 heteroatoms. The van der Waals surface area contributed by atoms with Crippen LogP contribution in [0.15, 0.2) is 12.8 Å². The van der Waals surface area contributed by atoms with Gasteiger partial charge in [0, 0.05) is 18.3 Å². The van der Waals surface area contributed by atoms with Gasteiger partial charge in [-0.3, -0.25) is 14.4 Å². The molecule has 0 saturated heterocycles. The van der Waals surface area contributed by atoms with Gasteiger partial charge < -0.3 is 35.3 Å². The molecule has 3 amide bonds. The Kier molecular flexibility index (Phi) is 8.53. The van der Waals surface area contributed by atoms with E-state index >= 15 is 0 Å². The molecule has 0 heterocycles. The van der Waals surface area contributed by atoms with Crippen molar-refractivity contribution < 1.29 is 43.3 Å². The fraction of sp³-hybridized carbons (Fsp3) is 0.696. The van der Waals surface area contributed by atoms with E-state index in [2.05, 4.69) is 22.5 Å². The zero-order valence-electron chi connectivity index (χ0n) is 20.9. The maximum absolute atomic E-state index is 13.0. The molecule has 0 bridgehead atoms. The van der Waals surface area contributed by atoms with Crippen LogP contribution in [-0.2, 0) is 33.4 Å². The molecule has 0 spiro atoms. The summed E-state index contributed by atoms with van der Waals surface area (Å²) < 4.78 is 15.1. The number of fused-ring (bicyclic) bond motifs is 1. The van der Waals surface area contributed by atoms with Crippen molar-refractivity contribution >= 4 is 29.8 Å². The topological polar surface area (TPSA) is 169 Å². The monoisotopic (exact) mass is 497 g/mol. The number of rotatable bonds is 9. The van der Waals surface area contributed by atoms with Crippen molar-refractivity contribution in [3.05, 3.63) is 12.8 Å². The molecule has 0 radical (unpaired) electrons. The lowest BCUT2D eigenvalue weighted by Crippen LogP contribution is -2.61. The lowest BCUT2D eigenvalue weighted by atomic mass is 9.89. The molecule has 12 nitrogen and oxygen atoms in total. The first-order chi connectivity index (χ1) is 16.2. The van der Waals surface area contributed by atoms with Crippen LogP contribution >= 0.6 is 0 Å². The van der Waals surface area contributed by atoms with Crippen LogP contribution in [0, 0.1) is 17.8 Å². The highest BCUT2D eigenvalue weighted by Crippen LogP contribution is 2.63. The SMILES string of the molecule is C=COC(=O)[C@H]1[C@H]2[C@@H]1C(NC(=O)[C@H](C)NC(=O)[C@@H](C)NC(=O)OC(C)(C)C)(C(=O)OCC)C[C@@H]2O. The Labute approximate surface area is 204 Å². The quantitative estimate of drug-likeness (QED) is 0.196. The Morgan fingerprint density at radius 3 is 2.26 bits per heavy atom. The van der Waals surface area contributed by atoms with Crippen LogP contribution in [0.4, 0.5) is 4.79 Å². The van der Waals surface area contributed by atoms with Gasteiger partial charge in [0.2, 0.25) is 11.8 Å². The molecule has 0 aromatic carbocycles. The van der Waals surface area contributed by atoms with Crippen molar-refractivity contribution in [3.63, 3.8) is 0 Å². The predicted octanol–water partition coefficient (Wildman–Crippen LogP) is 0.136. The number of aliphatic hydroxyl groups is 1. The Balaban J connectivity index is 2.10. The van der Waals surface area contributed by atoms with Crippen molar-refractivity contribution in [2.24, 2.45) is 17.8 Å². The van der Waals surface area contributed by atoms with E-state index in [1.807, 2.05) is 0 Å². The first kappa shape index (κ1) is 28.1. The maximum atomic E-state index is 13.0. The minimum Gasteiger partial charge on any atom is -0.464 e. The normalized spacial score (nSPS) is 28.4. The molecule has 4 N–H and O–H groups in total. The second-order valence-electron chi connectivity index (χ2n) is 9.78. The second-order valence-corrected chi connectivity index (χ2v) is 9.78. The summed E-state index contributed by atoms with van der Waals surface area (Å²) >= 11 is 0. The van der Waals surface area contributed by atoms with Crippen molar-refractivity contribution in [1.82, 2.24) is 16.0 Å². The largest absolute Gasteiger partial charge is 0.464 e. The highest BCUT2D eigenvalue weighted by atomic mass is 16.6. The van der Waals surface area contributed by atoms with Crippen molar-refractivity contribution in [1.29, 1.82) is 0 Å². The average molecular weight is 498 g/mol. The molecule has 35 heavy (non-hydrogen) atoms. The van der Waals surface area contributed by atoms with E-state index < -0.39 is 76.9 Å². The van der Waals surface area contributed by atoms with Gasteiger partial charge in [0.25, 0.3) is 0 Å². The Morgan fingerprint density at radius 1 is 1.11 bits per heavy atom. The third-order valence-electron chi connectivity index (χ3n) is 5.96. The molecule has 2 fully saturated rings. The number of aliphatic hydroxyl groups excluding tert-OH is 1. The van der Waals surface area contributed by atoms with Gasteiger partial charge in [0.05, 0.1) is 24.9 Å². The molecule has 2 saturated carbocycles. The number of esters is 2. The van der Waals surface area contributed by atoms with Crippen LogP contribution in [0.25, 0.3) is 0 Å². The third kappa shape index (κ3) is 6.30. The number of alkyl carbamates (subject to hydrolysis) is 1. The van der Waals surface area contributed by atoms with E-state index in [1.54, 1.807) is 27.7 Å². The molecule has 196 valence electrons. The molecular weight excluding hydrogens is 462 g/mol. The van der Waals surface area contributed by atoms with E-state index in [0.29, 0.717) is 0 Å². The molecule has 0 aromatic rings. The third-order valence-corrected chi connectivity index (χ3v) is 5.96. The fourth-order valence-corrected chi connectivity index (χ4v) is 4.46. The molecule has 7 atom stereocenters. The number of hydrogen-bond acceptors (Lipinski definition) is 9. The van der Waals surface area contributed by atoms with E-state index in [4.69, 9.17) is 14.2 Å². The van der Waals surface area contributed by atoms with E-state index in [0.717, 1.165) is 6.26 Å². The van der Waals surface area contributed by atoms with Gasteiger partial charge in [-0.25, -0.2) is 9.59 Å². The van der Waals surface area contributed by atoms with Gasteiger partial charge in [-0.1, -0.05) is 6.58 Å². The number of hydrogen-bond donors (Lipinski definition) is 4. The van der Waals surface area contributed by atoms with Gasteiger partial charge >= 0.3 is 18.0 Å². The van der Waals surface area contributed by atoms with Crippen molar-refractivity contribution in [2.45, 2.75) is 77.3 Å². The zero-order valence-corrected chi connectivity index (χ0v) is 20.9. The molecule has 0 aromatic heterocycles. The summed E-state index contributed by atoms with van der Waals surface area (Å²) in [6, 6.07) is -2.14. The number of amides is 3. The van der Waals surface area contributed by atoms with E-state index in [-0.39, 0.29) is 13.0 Å². The van der Waals surface area contributed by atoms with Gasteiger partial charge in [-0.15, -0.1) is 0 Å². The fourth-order valence-electron chi connectivity index (χ4n) is 4.46. The lowest BCUT2D eigenvalue weighted by molar-refractivity contribution is -0.156. The summed E-state index contributed by atoms with van der Waals surface area (Å²) in [6.45, 7) is 12.8. The van der Waals surface area contributed by atoms with Gasteiger partial charge in [-0.05, 0) is 41.5 Å². The lowest BCUT2D eigenvalue weighted by Gasteiger charge is -2.32. The van der Waals surface area contributed by atoms with Gasteiger partial charge in [0.1, 0.15) is 23.2 Å². The maximum Gasteiger partial charge on any atom is 0.408 e. The number of carbonyl (C=O) groups excluding carboxylic acids is 5. The molecule has 2 aliphatic rings. The highest BCUT2D eigenvalue weighted by molar-refractivity contribution is 5.95. The summed E-state index contributed by atoms with van der Waals surface area (Å²) in [6.07, 6.45) is -1.04. The Morgan fingerprint density at radius 2 is 1.71 bits per heavy atom. The number of ether oxygens (including phenoxy) is 3. The van der Waals surface area contributed by atoms with Crippen LogP contribution in [0.2, 0.25) is 0 Å². The summed E-state index contributed by atoms with van der Waals surface area (Å²) in [5.74, 6) is -4.98. The van der Waals surface area contributed by atoms with Crippen LogP contribution in [-0.4, -0.2) is 70.9 Å². The molecule has 0 aliphatic heterocycles.